The number of thiophene rings is 2. The van der Waals surface area contributed by atoms with Crippen LogP contribution in [0.3, 0.4) is 0 Å². The molecule has 0 saturated carbocycles. The molecule has 0 spiro atoms. The Bertz CT molecular complexity index is 810. The molecule has 0 unspecified atom stereocenters. The molecular formula is C18H21N3OS2. The van der Waals surface area contributed by atoms with Crippen LogP contribution < -0.4 is 10.6 Å². The molecule has 2 aromatic heterocycles. The molecule has 0 saturated heterocycles. The Hall–Kier alpha value is -1.68. The predicted octanol–water partition coefficient (Wildman–Crippen LogP) is 4.02. The van der Waals surface area contributed by atoms with Gasteiger partial charge in [-0.25, -0.2) is 0 Å². The molecule has 1 aliphatic rings. The van der Waals surface area contributed by atoms with Crippen molar-refractivity contribution in [3.8, 4) is 6.07 Å². The van der Waals surface area contributed by atoms with E-state index in [2.05, 4.69) is 44.4 Å². The molecule has 3 rings (SSSR count). The van der Waals surface area contributed by atoms with Gasteiger partial charge in [-0.2, -0.15) is 5.26 Å². The number of amides is 1. The van der Waals surface area contributed by atoms with E-state index in [-0.39, 0.29) is 17.0 Å². The average Bonchev–Trinajstić information content (AvgIpc) is 3.04. The number of nitrogens with one attached hydrogen (secondary N) is 2. The fraction of sp³-hybridized carbons (Fsp3) is 0.444. The van der Waals surface area contributed by atoms with Crippen LogP contribution in [0.1, 0.15) is 48.6 Å². The largest absolute Gasteiger partial charge is 0.316 e. The van der Waals surface area contributed by atoms with E-state index in [0.29, 0.717) is 17.0 Å². The Morgan fingerprint density at radius 1 is 1.42 bits per heavy atom. The maximum Gasteiger partial charge on any atom is 0.230 e. The highest BCUT2D eigenvalue weighted by molar-refractivity contribution is 7.17. The van der Waals surface area contributed by atoms with Crippen molar-refractivity contribution >= 4 is 33.6 Å². The monoisotopic (exact) mass is 359 g/mol. The van der Waals surface area contributed by atoms with Gasteiger partial charge in [-0.15, -0.1) is 22.7 Å². The number of carbonyl (C=O) groups is 1. The van der Waals surface area contributed by atoms with Gasteiger partial charge in [0.1, 0.15) is 11.1 Å². The molecule has 6 heteroatoms. The van der Waals surface area contributed by atoms with Crippen molar-refractivity contribution in [1.82, 2.24) is 5.32 Å². The van der Waals surface area contributed by atoms with Gasteiger partial charge in [-0.3, -0.25) is 4.79 Å². The number of nitrogens with zero attached hydrogens (tertiary/aromatic N) is 1. The molecular weight excluding hydrogens is 338 g/mol. The van der Waals surface area contributed by atoms with Crippen LogP contribution in [0.15, 0.2) is 17.5 Å². The molecule has 1 amide bonds. The van der Waals surface area contributed by atoms with Gasteiger partial charge < -0.3 is 10.6 Å². The highest BCUT2D eigenvalue weighted by atomic mass is 32.1. The van der Waals surface area contributed by atoms with Gasteiger partial charge >= 0.3 is 0 Å². The number of hydrogen-bond acceptors (Lipinski definition) is 5. The molecule has 2 aromatic rings. The van der Waals surface area contributed by atoms with Gasteiger partial charge in [0.2, 0.25) is 5.91 Å². The van der Waals surface area contributed by atoms with E-state index < -0.39 is 0 Å². The summed E-state index contributed by atoms with van der Waals surface area (Å²) in [6.45, 7) is 8.54. The SMILES string of the molecule is CC1(C)Cc2c(sc(NC(=O)Cc3cccs3)c2C#N)C(C)(C)N1. The third-order valence-electron chi connectivity index (χ3n) is 4.12. The molecule has 2 N–H and O–H groups in total. The fourth-order valence-electron chi connectivity index (χ4n) is 3.48. The molecule has 0 fully saturated rings. The van der Waals surface area contributed by atoms with E-state index in [9.17, 15) is 10.1 Å². The smallest absolute Gasteiger partial charge is 0.230 e. The summed E-state index contributed by atoms with van der Waals surface area (Å²) in [7, 11) is 0. The lowest BCUT2D eigenvalue weighted by Crippen LogP contribution is -2.54. The molecule has 0 atom stereocenters. The van der Waals surface area contributed by atoms with E-state index in [1.807, 2.05) is 17.5 Å². The Morgan fingerprint density at radius 3 is 2.79 bits per heavy atom. The van der Waals surface area contributed by atoms with E-state index in [1.165, 1.54) is 11.3 Å². The minimum absolute atomic E-state index is 0.0717. The van der Waals surface area contributed by atoms with Crippen molar-refractivity contribution in [3.05, 3.63) is 38.4 Å². The van der Waals surface area contributed by atoms with Crippen LogP contribution >= 0.6 is 22.7 Å². The van der Waals surface area contributed by atoms with Crippen LogP contribution in [0.5, 0.6) is 0 Å². The topological polar surface area (TPSA) is 64.9 Å². The second-order valence-electron chi connectivity index (χ2n) is 7.34. The van der Waals surface area contributed by atoms with E-state index in [4.69, 9.17) is 0 Å². The lowest BCUT2D eigenvalue weighted by Gasteiger charge is -2.42. The Morgan fingerprint density at radius 2 is 2.17 bits per heavy atom. The zero-order chi connectivity index (χ0) is 17.5. The minimum atomic E-state index is -0.218. The lowest BCUT2D eigenvalue weighted by molar-refractivity contribution is -0.115. The van der Waals surface area contributed by atoms with E-state index in [0.717, 1.165) is 21.7 Å². The molecule has 4 nitrogen and oxygen atoms in total. The first-order chi connectivity index (χ1) is 11.2. The number of hydrogen-bond donors (Lipinski definition) is 2. The van der Waals surface area contributed by atoms with Gasteiger partial charge in [-0.1, -0.05) is 6.07 Å². The fourth-order valence-corrected chi connectivity index (χ4v) is 5.42. The summed E-state index contributed by atoms with van der Waals surface area (Å²) < 4.78 is 0. The van der Waals surface area contributed by atoms with Crippen LogP contribution in [0.4, 0.5) is 5.00 Å². The minimum Gasteiger partial charge on any atom is -0.316 e. The third-order valence-corrected chi connectivity index (χ3v) is 6.47. The van der Waals surface area contributed by atoms with E-state index in [1.54, 1.807) is 11.3 Å². The first-order valence-electron chi connectivity index (χ1n) is 7.90. The highest BCUT2D eigenvalue weighted by Crippen LogP contribution is 2.44. The maximum atomic E-state index is 12.3. The van der Waals surface area contributed by atoms with Crippen molar-refractivity contribution in [1.29, 1.82) is 5.26 Å². The molecule has 0 aliphatic carbocycles. The summed E-state index contributed by atoms with van der Waals surface area (Å²) in [5, 5.41) is 18.9. The molecule has 0 aromatic carbocycles. The van der Waals surface area contributed by atoms with Crippen LogP contribution in [-0.4, -0.2) is 11.4 Å². The van der Waals surface area contributed by atoms with E-state index >= 15 is 0 Å². The zero-order valence-corrected chi connectivity index (χ0v) is 16.0. The van der Waals surface area contributed by atoms with Crippen LogP contribution in [0.25, 0.3) is 0 Å². The number of anilines is 1. The quantitative estimate of drug-likeness (QED) is 0.870. The summed E-state index contributed by atoms with van der Waals surface area (Å²) in [5.74, 6) is -0.0717. The Labute approximate surface area is 150 Å². The second kappa shape index (κ2) is 5.99. The van der Waals surface area contributed by atoms with Crippen LogP contribution in [0.2, 0.25) is 0 Å². The summed E-state index contributed by atoms with van der Waals surface area (Å²) >= 11 is 3.09. The van der Waals surface area contributed by atoms with Crippen LogP contribution in [-0.2, 0) is 23.2 Å². The maximum absolute atomic E-state index is 12.3. The van der Waals surface area contributed by atoms with Gasteiger partial charge in [-0.05, 0) is 51.1 Å². The van der Waals surface area contributed by atoms with Gasteiger partial charge in [0, 0.05) is 20.8 Å². The first-order valence-corrected chi connectivity index (χ1v) is 9.59. The lowest BCUT2D eigenvalue weighted by atomic mass is 9.81. The molecule has 24 heavy (non-hydrogen) atoms. The first kappa shape index (κ1) is 17.2. The molecule has 0 bridgehead atoms. The summed E-state index contributed by atoms with van der Waals surface area (Å²) in [5.41, 5.74) is 1.39. The normalized spacial score (nSPS) is 17.8. The summed E-state index contributed by atoms with van der Waals surface area (Å²) in [6, 6.07) is 6.20. The van der Waals surface area contributed by atoms with Crippen molar-refractivity contribution in [2.45, 2.75) is 51.6 Å². The van der Waals surface area contributed by atoms with Gasteiger partial charge in [0.05, 0.1) is 12.0 Å². The third kappa shape index (κ3) is 3.25. The Balaban J connectivity index is 1.92. The Kier molecular flexibility index (Phi) is 4.28. The zero-order valence-electron chi connectivity index (χ0n) is 14.3. The number of carbonyl (C=O) groups excluding carboxylic acids is 1. The molecule has 126 valence electrons. The van der Waals surface area contributed by atoms with Crippen molar-refractivity contribution in [3.63, 3.8) is 0 Å². The number of nitriles is 1. The number of rotatable bonds is 3. The van der Waals surface area contributed by atoms with Crippen molar-refractivity contribution in [2.24, 2.45) is 0 Å². The second-order valence-corrected chi connectivity index (χ2v) is 9.39. The van der Waals surface area contributed by atoms with Crippen molar-refractivity contribution in [2.75, 3.05) is 5.32 Å². The predicted molar refractivity (Wildman–Crippen MR) is 99.6 cm³/mol. The summed E-state index contributed by atoms with van der Waals surface area (Å²) in [4.78, 5) is 14.5. The average molecular weight is 360 g/mol. The van der Waals surface area contributed by atoms with Gasteiger partial charge in [0.25, 0.3) is 0 Å². The summed E-state index contributed by atoms with van der Waals surface area (Å²) in [6.07, 6.45) is 1.13. The van der Waals surface area contributed by atoms with Crippen molar-refractivity contribution < 1.29 is 4.79 Å². The van der Waals surface area contributed by atoms with Crippen LogP contribution in [0, 0.1) is 11.3 Å². The highest BCUT2D eigenvalue weighted by Gasteiger charge is 2.40. The number of fused-ring (bicyclic) bond motifs is 1. The molecule has 3 heterocycles. The van der Waals surface area contributed by atoms with Gasteiger partial charge in [0.15, 0.2) is 0 Å². The molecule has 1 aliphatic heterocycles. The molecule has 0 radical (unpaired) electrons. The standard InChI is InChI=1S/C18H21N3OS2/c1-17(2)9-12-13(10-19)16(24-15(12)18(3,4)21-17)20-14(22)8-11-6-5-7-23-11/h5-7,21H,8-9H2,1-4H3,(H,20,22).